The molecule has 0 aliphatic carbocycles. The third-order valence-corrected chi connectivity index (χ3v) is 13.9. The second-order valence-corrected chi connectivity index (χ2v) is 16.5. The van der Waals surface area contributed by atoms with Gasteiger partial charge in [-0.2, -0.15) is 0 Å². The molecule has 0 bridgehead atoms. The lowest BCUT2D eigenvalue weighted by Gasteiger charge is -2.33. The maximum atomic E-state index is 11.3. The summed E-state index contributed by atoms with van der Waals surface area (Å²) in [6.07, 6.45) is 0. The van der Waals surface area contributed by atoms with Crippen molar-refractivity contribution in [1.29, 1.82) is 0 Å². The molecular weight excluding hydrogens is 244 g/mol. The van der Waals surface area contributed by atoms with Gasteiger partial charge in [0.1, 0.15) is 9.76 Å². The Morgan fingerprint density at radius 1 is 1.29 bits per heavy atom. The van der Waals surface area contributed by atoms with Gasteiger partial charge in [-0.05, 0) is 32.7 Å². The highest BCUT2D eigenvalue weighted by atomic mass is 28.5. The first-order valence-electron chi connectivity index (χ1n) is 5.02. The summed E-state index contributed by atoms with van der Waals surface area (Å²) in [5, 5.41) is 0. The number of hydrogen-bond acceptors (Lipinski definition) is 3. The van der Waals surface area contributed by atoms with Crippen molar-refractivity contribution in [2.24, 2.45) is 0 Å². The molecule has 0 fully saturated rings. The third-order valence-electron chi connectivity index (χ3n) is 1.54. The van der Waals surface area contributed by atoms with E-state index < -0.39 is 35.3 Å². The SMILES string of the molecule is C[SiH2]O[Si](C)(C[Si](C)=O)O[Si](C)(C)C. The van der Waals surface area contributed by atoms with E-state index in [4.69, 9.17) is 8.23 Å². The summed E-state index contributed by atoms with van der Waals surface area (Å²) in [5.41, 5.74) is 0.683. The van der Waals surface area contributed by atoms with E-state index in [-0.39, 0.29) is 0 Å². The molecule has 0 N–H and O–H groups in total. The second-order valence-electron chi connectivity index (χ2n) is 4.66. The maximum Gasteiger partial charge on any atom is 0.317 e. The molecule has 0 heterocycles. The van der Waals surface area contributed by atoms with Crippen molar-refractivity contribution >= 4 is 35.3 Å². The van der Waals surface area contributed by atoms with Crippen LogP contribution >= 0.6 is 0 Å². The van der Waals surface area contributed by atoms with Crippen LogP contribution in [0, 0.1) is 0 Å². The van der Waals surface area contributed by atoms with Crippen molar-refractivity contribution in [2.75, 3.05) is 0 Å². The fraction of sp³-hybridized carbons (Fsp3) is 1.00. The van der Waals surface area contributed by atoms with Crippen molar-refractivity contribution in [3.8, 4) is 0 Å². The Morgan fingerprint density at radius 3 is 2.07 bits per heavy atom. The zero-order valence-corrected chi connectivity index (χ0v) is 14.6. The molecule has 0 radical (unpaired) electrons. The van der Waals surface area contributed by atoms with Gasteiger partial charge in [0.15, 0.2) is 8.32 Å². The molecule has 0 aromatic heterocycles. The van der Waals surface area contributed by atoms with Gasteiger partial charge in [-0.1, -0.05) is 6.55 Å². The second kappa shape index (κ2) is 5.61. The minimum atomic E-state index is -2.09. The van der Waals surface area contributed by atoms with Crippen LogP contribution in [0.1, 0.15) is 0 Å². The van der Waals surface area contributed by atoms with Gasteiger partial charge >= 0.3 is 8.56 Å². The standard InChI is InChI=1S/C7H22O3Si4/c1-11-9-14(6,7-12(2)8)10-13(3,4)5/h7,11H2,1-6H3. The Balaban J connectivity index is 4.46. The molecule has 0 saturated heterocycles. The van der Waals surface area contributed by atoms with Gasteiger partial charge in [0.2, 0.25) is 0 Å². The Kier molecular flexibility index (Phi) is 5.85. The lowest BCUT2D eigenvalue weighted by molar-refractivity contribution is 0.406. The molecule has 84 valence electrons. The summed E-state index contributed by atoms with van der Waals surface area (Å²) in [6, 6.07) is 0. The van der Waals surface area contributed by atoms with Gasteiger partial charge in [-0.25, -0.2) is 0 Å². The van der Waals surface area contributed by atoms with E-state index in [1.807, 2.05) is 0 Å². The summed E-state index contributed by atoms with van der Waals surface area (Å²) >= 11 is 0. The zero-order valence-electron chi connectivity index (χ0n) is 10.1. The smallest absolute Gasteiger partial charge is 0.317 e. The van der Waals surface area contributed by atoms with Crippen LogP contribution in [0.25, 0.3) is 0 Å². The molecule has 7 heteroatoms. The van der Waals surface area contributed by atoms with E-state index >= 15 is 0 Å². The summed E-state index contributed by atoms with van der Waals surface area (Å²) in [4.78, 5) is 0. The van der Waals surface area contributed by atoms with E-state index in [2.05, 4.69) is 32.7 Å². The zero-order chi connectivity index (χ0) is 11.4. The predicted octanol–water partition coefficient (Wildman–Crippen LogP) is 1.65. The lowest BCUT2D eigenvalue weighted by atomic mass is 11.8. The van der Waals surface area contributed by atoms with Gasteiger partial charge in [0, 0.05) is 5.67 Å². The number of rotatable bonds is 6. The quantitative estimate of drug-likeness (QED) is 0.686. The Morgan fingerprint density at radius 2 is 1.79 bits per heavy atom. The number of hydrogen-bond donors (Lipinski definition) is 0. The van der Waals surface area contributed by atoms with Crippen LogP contribution in [0.4, 0.5) is 0 Å². The molecule has 0 saturated carbocycles. The molecule has 0 aliphatic rings. The van der Waals surface area contributed by atoms with E-state index in [0.29, 0.717) is 5.67 Å². The normalized spacial score (nSPS) is 17.3. The Labute approximate surface area is 93.2 Å². The molecule has 0 aromatic carbocycles. The van der Waals surface area contributed by atoms with Crippen LogP contribution in [0.3, 0.4) is 0 Å². The van der Waals surface area contributed by atoms with Crippen LogP contribution in [0.15, 0.2) is 0 Å². The Hall–Kier alpha value is 0.588. The van der Waals surface area contributed by atoms with Gasteiger partial charge in [0.05, 0.1) is 0 Å². The Bertz CT molecular complexity index is 204. The molecule has 0 amide bonds. The minimum Gasteiger partial charge on any atom is -0.442 e. The monoisotopic (exact) mass is 266 g/mol. The fourth-order valence-electron chi connectivity index (χ4n) is 1.52. The van der Waals surface area contributed by atoms with Gasteiger partial charge in [-0.3, -0.25) is 0 Å². The average molecular weight is 267 g/mol. The first-order chi connectivity index (χ1) is 6.18. The first-order valence-corrected chi connectivity index (χ1v) is 15.1. The van der Waals surface area contributed by atoms with Crippen LogP contribution in [0.5, 0.6) is 0 Å². The minimum absolute atomic E-state index is 0.466. The van der Waals surface area contributed by atoms with Crippen LogP contribution in [-0.2, 0) is 12.7 Å². The molecule has 3 nitrogen and oxygen atoms in total. The lowest BCUT2D eigenvalue weighted by Crippen LogP contribution is -2.49. The molecule has 0 aliphatic heterocycles. The van der Waals surface area contributed by atoms with Crippen LogP contribution in [-0.4, -0.2) is 35.3 Å². The maximum absolute atomic E-state index is 11.3. The summed E-state index contributed by atoms with van der Waals surface area (Å²) in [5.74, 6) is 0. The van der Waals surface area contributed by atoms with Gasteiger partial charge in [-0.15, -0.1) is 0 Å². The fourth-order valence-corrected chi connectivity index (χ4v) is 15.8. The van der Waals surface area contributed by atoms with Gasteiger partial charge < -0.3 is 12.7 Å². The van der Waals surface area contributed by atoms with Crippen molar-refractivity contribution in [2.45, 2.75) is 44.9 Å². The van der Waals surface area contributed by atoms with Crippen molar-refractivity contribution in [3.05, 3.63) is 0 Å². The highest BCUT2D eigenvalue weighted by Crippen LogP contribution is 2.19. The molecule has 0 aromatic rings. The average Bonchev–Trinajstić information content (AvgIpc) is 1.78. The highest BCUT2D eigenvalue weighted by molar-refractivity contribution is 6.87. The van der Waals surface area contributed by atoms with Crippen molar-refractivity contribution < 1.29 is 12.7 Å². The van der Waals surface area contributed by atoms with Crippen LogP contribution < -0.4 is 0 Å². The van der Waals surface area contributed by atoms with Crippen molar-refractivity contribution in [3.63, 3.8) is 0 Å². The van der Waals surface area contributed by atoms with E-state index in [1.165, 1.54) is 0 Å². The molecule has 1 atom stereocenters. The molecule has 0 spiro atoms. The largest absolute Gasteiger partial charge is 0.442 e. The topological polar surface area (TPSA) is 35.5 Å². The van der Waals surface area contributed by atoms with Crippen LogP contribution in [0.2, 0.25) is 44.9 Å². The van der Waals surface area contributed by atoms with E-state index in [0.717, 1.165) is 0 Å². The van der Waals surface area contributed by atoms with Crippen molar-refractivity contribution in [1.82, 2.24) is 0 Å². The summed E-state index contributed by atoms with van der Waals surface area (Å²) in [6.45, 7) is 12.4. The third kappa shape index (κ3) is 6.96. The van der Waals surface area contributed by atoms with Gasteiger partial charge in [0.25, 0.3) is 8.68 Å². The summed E-state index contributed by atoms with van der Waals surface area (Å²) < 4.78 is 23.2. The molecule has 1 unspecified atom stereocenters. The first kappa shape index (κ1) is 14.6. The molecule has 14 heavy (non-hydrogen) atoms. The molecule has 0 rings (SSSR count). The molecular formula is C7H22O3Si4. The highest BCUT2D eigenvalue weighted by Gasteiger charge is 2.37. The summed E-state index contributed by atoms with van der Waals surface area (Å²) in [7, 11) is -5.60. The van der Waals surface area contributed by atoms with E-state index in [1.54, 1.807) is 6.55 Å². The van der Waals surface area contributed by atoms with E-state index in [9.17, 15) is 4.46 Å². The predicted molar refractivity (Wildman–Crippen MR) is 68.7 cm³/mol.